The van der Waals surface area contributed by atoms with Gasteiger partial charge in [-0.25, -0.2) is 4.98 Å². The van der Waals surface area contributed by atoms with Crippen LogP contribution in [0.4, 0.5) is 5.69 Å². The van der Waals surface area contributed by atoms with Gasteiger partial charge in [-0.2, -0.15) is 0 Å². The minimum atomic E-state index is 0.556. The zero-order chi connectivity index (χ0) is 20.2. The lowest BCUT2D eigenvalue weighted by Crippen LogP contribution is -2.07. The second-order valence-electron chi connectivity index (χ2n) is 6.29. The maximum atomic E-state index is 6.41. The van der Waals surface area contributed by atoms with Gasteiger partial charge in [0.25, 0.3) is 0 Å². The van der Waals surface area contributed by atoms with Crippen molar-refractivity contribution in [1.82, 2.24) is 19.7 Å². The SMILES string of the molecule is COCCn1c(SCc2cccc(OC)c2)nnc1-c1sc2ncccc2c1N. The fourth-order valence-electron chi connectivity index (χ4n) is 2.97. The number of benzene rings is 1. The van der Waals surface area contributed by atoms with Crippen LogP contribution in [0.25, 0.3) is 20.9 Å². The maximum absolute atomic E-state index is 6.41. The largest absolute Gasteiger partial charge is 0.497 e. The lowest BCUT2D eigenvalue weighted by atomic mass is 10.2. The van der Waals surface area contributed by atoms with Crippen molar-refractivity contribution < 1.29 is 9.47 Å². The van der Waals surface area contributed by atoms with E-state index in [0.29, 0.717) is 18.8 Å². The lowest BCUT2D eigenvalue weighted by Gasteiger charge is -2.09. The van der Waals surface area contributed by atoms with Gasteiger partial charge in [-0.15, -0.1) is 21.5 Å². The van der Waals surface area contributed by atoms with Crippen molar-refractivity contribution in [1.29, 1.82) is 0 Å². The average molecular weight is 428 g/mol. The van der Waals surface area contributed by atoms with Crippen LogP contribution in [0.15, 0.2) is 47.8 Å². The zero-order valence-electron chi connectivity index (χ0n) is 16.2. The number of aromatic nitrogens is 4. The maximum Gasteiger partial charge on any atom is 0.191 e. The Kier molecular flexibility index (Phi) is 5.98. The average Bonchev–Trinajstić information content (AvgIpc) is 3.31. The first-order valence-electron chi connectivity index (χ1n) is 9.02. The molecule has 0 aliphatic heterocycles. The third-order valence-electron chi connectivity index (χ3n) is 4.45. The van der Waals surface area contributed by atoms with Crippen molar-refractivity contribution >= 4 is 39.0 Å². The predicted molar refractivity (Wildman–Crippen MR) is 117 cm³/mol. The van der Waals surface area contributed by atoms with Crippen molar-refractivity contribution in [2.45, 2.75) is 17.5 Å². The van der Waals surface area contributed by atoms with Crippen molar-refractivity contribution in [3.8, 4) is 16.5 Å². The fraction of sp³-hybridized carbons (Fsp3) is 0.250. The first-order chi connectivity index (χ1) is 14.2. The van der Waals surface area contributed by atoms with Gasteiger partial charge in [-0.05, 0) is 29.8 Å². The molecule has 7 nitrogen and oxygen atoms in total. The van der Waals surface area contributed by atoms with Crippen LogP contribution in [0.1, 0.15) is 5.56 Å². The van der Waals surface area contributed by atoms with E-state index in [2.05, 4.69) is 25.8 Å². The highest BCUT2D eigenvalue weighted by Crippen LogP contribution is 2.40. The quantitative estimate of drug-likeness (QED) is 0.424. The molecule has 9 heteroatoms. The Balaban J connectivity index is 1.66. The second kappa shape index (κ2) is 8.81. The smallest absolute Gasteiger partial charge is 0.191 e. The molecule has 2 N–H and O–H groups in total. The van der Waals surface area contributed by atoms with E-state index in [-0.39, 0.29) is 0 Å². The molecule has 1 aromatic carbocycles. The number of nitrogens with two attached hydrogens (primary N) is 1. The molecule has 4 rings (SSSR count). The molecule has 0 saturated heterocycles. The van der Waals surface area contributed by atoms with Crippen LogP contribution in [0.3, 0.4) is 0 Å². The summed E-state index contributed by atoms with van der Waals surface area (Å²) in [6, 6.07) is 11.9. The summed E-state index contributed by atoms with van der Waals surface area (Å²) in [5.41, 5.74) is 8.26. The minimum absolute atomic E-state index is 0.556. The number of methoxy groups -OCH3 is 2. The number of anilines is 1. The Labute approximate surface area is 176 Å². The zero-order valence-corrected chi connectivity index (χ0v) is 17.8. The minimum Gasteiger partial charge on any atom is -0.497 e. The molecule has 0 aliphatic rings. The van der Waals surface area contributed by atoms with Crippen molar-refractivity contribution in [2.75, 3.05) is 26.6 Å². The summed E-state index contributed by atoms with van der Waals surface area (Å²) in [4.78, 5) is 6.20. The summed E-state index contributed by atoms with van der Waals surface area (Å²) in [5.74, 6) is 2.34. The van der Waals surface area contributed by atoms with Gasteiger partial charge in [-0.3, -0.25) is 4.57 Å². The number of thiophene rings is 1. The van der Waals surface area contributed by atoms with Crippen LogP contribution < -0.4 is 10.5 Å². The topological polar surface area (TPSA) is 88.1 Å². The summed E-state index contributed by atoms with van der Waals surface area (Å²) in [5, 5.41) is 10.7. The molecule has 0 aliphatic carbocycles. The van der Waals surface area contributed by atoms with E-state index in [9.17, 15) is 0 Å². The van der Waals surface area contributed by atoms with Crippen LogP contribution in [-0.2, 0) is 17.0 Å². The first kappa shape index (κ1) is 19.7. The van der Waals surface area contributed by atoms with Crippen LogP contribution >= 0.6 is 23.1 Å². The molecule has 4 aromatic rings. The Bertz CT molecular complexity index is 1130. The van der Waals surface area contributed by atoms with E-state index in [1.165, 1.54) is 11.3 Å². The summed E-state index contributed by atoms with van der Waals surface area (Å²) in [7, 11) is 3.36. The predicted octanol–water partition coefficient (Wildman–Crippen LogP) is 4.08. The van der Waals surface area contributed by atoms with Crippen molar-refractivity contribution in [3.05, 3.63) is 48.2 Å². The number of thioether (sulfide) groups is 1. The van der Waals surface area contributed by atoms with Crippen LogP contribution in [0.5, 0.6) is 5.75 Å². The number of ether oxygens (including phenoxy) is 2. The highest BCUT2D eigenvalue weighted by atomic mass is 32.2. The molecule has 150 valence electrons. The van der Waals surface area contributed by atoms with Crippen LogP contribution in [0.2, 0.25) is 0 Å². The summed E-state index contributed by atoms with van der Waals surface area (Å²) >= 11 is 3.16. The number of nitrogen functional groups attached to an aromatic ring is 1. The van der Waals surface area contributed by atoms with Crippen molar-refractivity contribution in [2.24, 2.45) is 0 Å². The highest BCUT2D eigenvalue weighted by Gasteiger charge is 2.20. The van der Waals surface area contributed by atoms with Gasteiger partial charge in [0.05, 0.1) is 30.8 Å². The van der Waals surface area contributed by atoms with Gasteiger partial charge < -0.3 is 15.2 Å². The number of hydrogen-bond donors (Lipinski definition) is 1. The highest BCUT2D eigenvalue weighted by molar-refractivity contribution is 7.98. The van der Waals surface area contributed by atoms with Gasteiger partial charge in [0.15, 0.2) is 11.0 Å². The molecular formula is C20H21N5O2S2. The normalized spacial score (nSPS) is 11.2. The number of fused-ring (bicyclic) bond motifs is 1. The van der Waals surface area contributed by atoms with Gasteiger partial charge in [0.1, 0.15) is 10.6 Å². The Morgan fingerprint density at radius 3 is 2.86 bits per heavy atom. The van der Waals surface area contributed by atoms with Gasteiger partial charge >= 0.3 is 0 Å². The molecule has 0 bridgehead atoms. The van der Waals surface area contributed by atoms with E-state index >= 15 is 0 Å². The molecule has 0 unspecified atom stereocenters. The molecule has 0 fully saturated rings. The monoisotopic (exact) mass is 427 g/mol. The number of rotatable bonds is 8. The number of pyridine rings is 1. The third-order valence-corrected chi connectivity index (χ3v) is 6.61. The first-order valence-corrected chi connectivity index (χ1v) is 10.8. The Morgan fingerprint density at radius 1 is 1.17 bits per heavy atom. The van der Waals surface area contributed by atoms with Gasteiger partial charge in [0, 0.05) is 24.4 Å². The third kappa shape index (κ3) is 4.07. The molecule has 29 heavy (non-hydrogen) atoms. The molecule has 0 saturated carbocycles. The standard InChI is InChI=1S/C20H21N5O2S2/c1-26-10-9-25-18(17-16(21)15-7-4-8-22-19(15)29-17)23-24-20(25)28-12-13-5-3-6-14(11-13)27-2/h3-8,11H,9-10,12,21H2,1-2H3. The molecule has 0 atom stereocenters. The van der Waals surface area contributed by atoms with E-state index in [4.69, 9.17) is 15.2 Å². The molecular weight excluding hydrogens is 406 g/mol. The van der Waals surface area contributed by atoms with E-state index in [1.807, 2.05) is 30.3 Å². The van der Waals surface area contributed by atoms with E-state index in [0.717, 1.165) is 43.1 Å². The summed E-state index contributed by atoms with van der Waals surface area (Å²) in [6.07, 6.45) is 1.77. The summed E-state index contributed by atoms with van der Waals surface area (Å²) < 4.78 is 12.7. The Morgan fingerprint density at radius 2 is 2.07 bits per heavy atom. The Hall–Kier alpha value is -2.62. The van der Waals surface area contributed by atoms with Gasteiger partial charge in [-0.1, -0.05) is 23.9 Å². The fourth-order valence-corrected chi connectivity index (χ4v) is 4.94. The molecule has 3 aromatic heterocycles. The molecule has 0 radical (unpaired) electrons. The number of nitrogens with zero attached hydrogens (tertiary/aromatic N) is 4. The number of hydrogen-bond acceptors (Lipinski definition) is 8. The van der Waals surface area contributed by atoms with Crippen LogP contribution in [0, 0.1) is 0 Å². The van der Waals surface area contributed by atoms with Crippen molar-refractivity contribution in [3.63, 3.8) is 0 Å². The van der Waals surface area contributed by atoms with Crippen LogP contribution in [-0.4, -0.2) is 40.6 Å². The van der Waals surface area contributed by atoms with E-state index < -0.39 is 0 Å². The summed E-state index contributed by atoms with van der Waals surface area (Å²) in [6.45, 7) is 1.20. The van der Waals surface area contributed by atoms with E-state index in [1.54, 1.807) is 32.2 Å². The lowest BCUT2D eigenvalue weighted by molar-refractivity contribution is 0.185. The molecule has 0 amide bonds. The second-order valence-corrected chi connectivity index (χ2v) is 8.23. The molecule has 3 heterocycles. The molecule has 0 spiro atoms. The van der Waals surface area contributed by atoms with Gasteiger partial charge in [0.2, 0.25) is 0 Å².